The Morgan fingerprint density at radius 2 is 2.06 bits per heavy atom. The Balaban J connectivity index is 1.98. The van der Waals surface area contributed by atoms with Gasteiger partial charge in [0.2, 0.25) is 5.91 Å². The highest BCUT2D eigenvalue weighted by atomic mass is 16.2. The van der Waals surface area contributed by atoms with Crippen LogP contribution < -0.4 is 0 Å². The molecule has 0 aliphatic carbocycles. The van der Waals surface area contributed by atoms with Crippen molar-refractivity contribution in [2.24, 2.45) is 7.05 Å². The Bertz CT molecular complexity index is 437. The summed E-state index contributed by atoms with van der Waals surface area (Å²) in [4.78, 5) is 25.7. The fourth-order valence-corrected chi connectivity index (χ4v) is 2.32. The van der Waals surface area contributed by atoms with Gasteiger partial charge in [0.25, 0.3) is 0 Å². The molecule has 0 radical (unpaired) electrons. The molecule has 1 fully saturated rings. The fourth-order valence-electron chi connectivity index (χ4n) is 2.32. The van der Waals surface area contributed by atoms with Gasteiger partial charge in [-0.05, 0) is 18.9 Å². The maximum Gasteiger partial charge on any atom is 0.222 e. The lowest BCUT2D eigenvalue weighted by Gasteiger charge is -2.23. The number of aromatic nitrogens is 1. The number of aryl methyl sites for hydroxylation is 1. The lowest BCUT2D eigenvalue weighted by atomic mass is 10.1. The number of likely N-dealkylation sites (tertiary alicyclic amines) is 1. The molecule has 1 aromatic rings. The van der Waals surface area contributed by atoms with Crippen molar-refractivity contribution < 1.29 is 9.59 Å². The summed E-state index contributed by atoms with van der Waals surface area (Å²) in [6.07, 6.45) is 8.49. The molecule has 0 spiro atoms. The zero-order valence-electron chi connectivity index (χ0n) is 10.9. The van der Waals surface area contributed by atoms with Gasteiger partial charge >= 0.3 is 0 Å². The molecular weight excluding hydrogens is 228 g/mol. The molecule has 0 N–H and O–H groups in total. The van der Waals surface area contributed by atoms with Gasteiger partial charge in [-0.25, -0.2) is 0 Å². The average Bonchev–Trinajstić information content (AvgIpc) is 2.75. The van der Waals surface area contributed by atoms with Crippen LogP contribution in [0.4, 0.5) is 0 Å². The zero-order valence-corrected chi connectivity index (χ0v) is 10.9. The number of ketones is 1. The van der Waals surface area contributed by atoms with Crippen LogP contribution in [0.5, 0.6) is 0 Å². The van der Waals surface area contributed by atoms with E-state index >= 15 is 0 Å². The van der Waals surface area contributed by atoms with Crippen molar-refractivity contribution in [2.45, 2.75) is 32.1 Å². The van der Waals surface area contributed by atoms with Crippen LogP contribution in [0.25, 0.3) is 0 Å². The minimum atomic E-state index is 0.0320. The lowest BCUT2D eigenvalue weighted by Crippen LogP contribution is -2.37. The molecule has 0 unspecified atom stereocenters. The van der Waals surface area contributed by atoms with E-state index in [9.17, 15) is 9.59 Å². The average molecular weight is 248 g/mol. The van der Waals surface area contributed by atoms with Crippen LogP contribution in [0.3, 0.4) is 0 Å². The third kappa shape index (κ3) is 3.22. The number of carbonyl (C=O) groups is 2. The summed E-state index contributed by atoms with van der Waals surface area (Å²) in [6, 6.07) is 1.80. The second-order valence-corrected chi connectivity index (χ2v) is 4.97. The Labute approximate surface area is 108 Å². The number of hydrogen-bond donors (Lipinski definition) is 0. The fraction of sp³-hybridized carbons (Fsp3) is 0.571. The van der Waals surface area contributed by atoms with Crippen molar-refractivity contribution in [1.82, 2.24) is 9.47 Å². The topological polar surface area (TPSA) is 42.3 Å². The van der Waals surface area contributed by atoms with E-state index in [1.807, 2.05) is 17.8 Å². The van der Waals surface area contributed by atoms with E-state index in [1.54, 1.807) is 17.2 Å². The number of rotatable bonds is 3. The maximum absolute atomic E-state index is 12.1. The summed E-state index contributed by atoms with van der Waals surface area (Å²) in [5.41, 5.74) is 0.687. The van der Waals surface area contributed by atoms with Crippen LogP contribution in [0.1, 0.15) is 42.5 Å². The van der Waals surface area contributed by atoms with Gasteiger partial charge in [0.1, 0.15) is 0 Å². The highest BCUT2D eigenvalue weighted by molar-refractivity contribution is 5.99. The molecule has 4 heteroatoms. The first kappa shape index (κ1) is 12.9. The number of carbonyl (C=O) groups excluding carboxylic acids is 2. The summed E-state index contributed by atoms with van der Waals surface area (Å²) in [7, 11) is 1.89. The number of nitrogens with zero attached hydrogens (tertiary/aromatic N) is 2. The standard InChI is InChI=1S/C14H20N2O2/c1-15-9-7-12(10-15)13(17)11-16-8-5-3-2-4-6-14(16)18/h7,9-10H,2-6,8,11H2,1H3. The molecule has 0 saturated carbocycles. The van der Waals surface area contributed by atoms with E-state index in [-0.39, 0.29) is 18.2 Å². The molecule has 18 heavy (non-hydrogen) atoms. The highest BCUT2D eigenvalue weighted by Crippen LogP contribution is 2.12. The molecule has 0 bridgehead atoms. The Morgan fingerprint density at radius 1 is 1.28 bits per heavy atom. The third-order valence-electron chi connectivity index (χ3n) is 3.41. The van der Waals surface area contributed by atoms with Crippen LogP contribution in [0.2, 0.25) is 0 Å². The van der Waals surface area contributed by atoms with Crippen molar-refractivity contribution in [1.29, 1.82) is 0 Å². The van der Waals surface area contributed by atoms with Crippen molar-refractivity contribution in [3.63, 3.8) is 0 Å². The molecule has 2 heterocycles. The molecule has 1 aliphatic heterocycles. The van der Waals surface area contributed by atoms with Crippen LogP contribution in [-0.4, -0.2) is 34.2 Å². The first-order chi connectivity index (χ1) is 8.66. The number of Topliss-reactive ketones (excluding diaryl/α,β-unsaturated/α-hetero) is 1. The van der Waals surface area contributed by atoms with Gasteiger partial charge in [-0.15, -0.1) is 0 Å². The second kappa shape index (κ2) is 5.85. The molecule has 1 aliphatic rings. The quantitative estimate of drug-likeness (QED) is 0.768. The van der Waals surface area contributed by atoms with Gasteiger partial charge in [-0.1, -0.05) is 12.8 Å². The van der Waals surface area contributed by atoms with E-state index < -0.39 is 0 Å². The monoisotopic (exact) mass is 248 g/mol. The van der Waals surface area contributed by atoms with Crippen molar-refractivity contribution in [2.75, 3.05) is 13.1 Å². The predicted molar refractivity (Wildman–Crippen MR) is 69.4 cm³/mol. The number of hydrogen-bond acceptors (Lipinski definition) is 2. The summed E-state index contributed by atoms with van der Waals surface area (Å²) >= 11 is 0. The summed E-state index contributed by atoms with van der Waals surface area (Å²) in [5, 5.41) is 0. The first-order valence-electron chi connectivity index (χ1n) is 6.60. The molecule has 1 amide bonds. The Morgan fingerprint density at radius 3 is 2.78 bits per heavy atom. The van der Waals surface area contributed by atoms with Crippen LogP contribution in [0, 0.1) is 0 Å². The van der Waals surface area contributed by atoms with E-state index in [2.05, 4.69) is 0 Å². The largest absolute Gasteiger partial charge is 0.357 e. The minimum Gasteiger partial charge on any atom is -0.357 e. The lowest BCUT2D eigenvalue weighted by molar-refractivity contribution is -0.131. The van der Waals surface area contributed by atoms with Crippen LogP contribution in [0.15, 0.2) is 18.5 Å². The van der Waals surface area contributed by atoms with Gasteiger partial charge in [-0.2, -0.15) is 0 Å². The molecule has 1 saturated heterocycles. The molecule has 1 aromatic heterocycles. The molecule has 0 aromatic carbocycles. The maximum atomic E-state index is 12.1. The highest BCUT2D eigenvalue weighted by Gasteiger charge is 2.19. The van der Waals surface area contributed by atoms with E-state index in [4.69, 9.17) is 0 Å². The van der Waals surface area contributed by atoms with Gasteiger partial charge in [-0.3, -0.25) is 9.59 Å². The van der Waals surface area contributed by atoms with E-state index in [0.717, 1.165) is 32.2 Å². The summed E-state index contributed by atoms with van der Waals surface area (Å²) < 4.78 is 1.85. The smallest absolute Gasteiger partial charge is 0.222 e. The normalized spacial score (nSPS) is 17.4. The van der Waals surface area contributed by atoms with Gasteiger partial charge in [0.15, 0.2) is 5.78 Å². The van der Waals surface area contributed by atoms with E-state index in [0.29, 0.717) is 12.0 Å². The second-order valence-electron chi connectivity index (χ2n) is 4.97. The van der Waals surface area contributed by atoms with Crippen molar-refractivity contribution in [3.8, 4) is 0 Å². The van der Waals surface area contributed by atoms with Gasteiger partial charge in [0.05, 0.1) is 6.54 Å². The molecule has 0 atom stereocenters. The van der Waals surface area contributed by atoms with Crippen LogP contribution >= 0.6 is 0 Å². The molecule has 4 nitrogen and oxygen atoms in total. The van der Waals surface area contributed by atoms with Gasteiger partial charge in [0, 0.05) is 38.0 Å². The van der Waals surface area contributed by atoms with E-state index in [1.165, 1.54) is 0 Å². The number of amides is 1. The minimum absolute atomic E-state index is 0.0320. The van der Waals surface area contributed by atoms with Crippen LogP contribution in [-0.2, 0) is 11.8 Å². The molecular formula is C14H20N2O2. The SMILES string of the molecule is Cn1ccc(C(=O)CN2CCCCCCC2=O)c1. The molecule has 98 valence electrons. The predicted octanol–water partition coefficient (Wildman–Crippen LogP) is 2.00. The van der Waals surface area contributed by atoms with Crippen molar-refractivity contribution >= 4 is 11.7 Å². The van der Waals surface area contributed by atoms with Gasteiger partial charge < -0.3 is 9.47 Å². The molecule has 2 rings (SSSR count). The van der Waals surface area contributed by atoms with Crippen molar-refractivity contribution in [3.05, 3.63) is 24.0 Å². The first-order valence-corrected chi connectivity index (χ1v) is 6.60. The summed E-state index contributed by atoms with van der Waals surface area (Å²) in [5.74, 6) is 0.156. The Hall–Kier alpha value is -1.58. The third-order valence-corrected chi connectivity index (χ3v) is 3.41. The zero-order chi connectivity index (χ0) is 13.0. The summed E-state index contributed by atoms with van der Waals surface area (Å²) in [6.45, 7) is 0.945. The Kier molecular flexibility index (Phi) is 4.18.